The maximum atomic E-state index is 6.39. The van der Waals surface area contributed by atoms with Crippen molar-refractivity contribution in [3.63, 3.8) is 0 Å². The van der Waals surface area contributed by atoms with Crippen LogP contribution in [0.2, 0.25) is 0 Å². The number of nitrogens with zero attached hydrogens (tertiary/aromatic N) is 3. The van der Waals surface area contributed by atoms with Crippen molar-refractivity contribution in [1.82, 2.24) is 14.5 Å². The summed E-state index contributed by atoms with van der Waals surface area (Å²) in [6.07, 6.45) is 5.07. The van der Waals surface area contributed by atoms with Gasteiger partial charge < -0.3 is 4.57 Å². The van der Waals surface area contributed by atoms with Crippen LogP contribution in [0.3, 0.4) is 0 Å². The Labute approximate surface area is 126 Å². The predicted molar refractivity (Wildman–Crippen MR) is 85.4 cm³/mol. The second kappa shape index (κ2) is 5.72. The van der Waals surface area contributed by atoms with Crippen LogP contribution in [-0.4, -0.2) is 14.5 Å². The van der Waals surface area contributed by atoms with Gasteiger partial charge in [0.15, 0.2) is 5.65 Å². The number of aromatic nitrogens is 3. The Bertz CT molecular complexity index is 589. The van der Waals surface area contributed by atoms with Gasteiger partial charge >= 0.3 is 0 Å². The highest BCUT2D eigenvalue weighted by Crippen LogP contribution is 2.36. The van der Waals surface area contributed by atoms with Gasteiger partial charge in [-0.2, -0.15) is 0 Å². The van der Waals surface area contributed by atoms with Crippen LogP contribution in [0.25, 0.3) is 11.2 Å². The van der Waals surface area contributed by atoms with Crippen molar-refractivity contribution >= 4 is 22.8 Å². The zero-order valence-electron chi connectivity index (χ0n) is 13.1. The number of alkyl halides is 1. The molecule has 1 unspecified atom stereocenters. The summed E-state index contributed by atoms with van der Waals surface area (Å²) in [5.41, 5.74) is 3.09. The summed E-state index contributed by atoms with van der Waals surface area (Å²) in [7, 11) is 0. The highest BCUT2D eigenvalue weighted by atomic mass is 35.5. The van der Waals surface area contributed by atoms with Crippen LogP contribution in [0.5, 0.6) is 0 Å². The first kappa shape index (κ1) is 15.3. The monoisotopic (exact) mass is 293 g/mol. The Morgan fingerprint density at radius 1 is 1.25 bits per heavy atom. The van der Waals surface area contributed by atoms with E-state index in [2.05, 4.69) is 36.4 Å². The van der Waals surface area contributed by atoms with Gasteiger partial charge in [0.25, 0.3) is 0 Å². The fourth-order valence-corrected chi connectivity index (χ4v) is 3.19. The smallest absolute Gasteiger partial charge is 0.160 e. The molecule has 2 aromatic heterocycles. The highest BCUT2D eigenvalue weighted by Gasteiger charge is 2.32. The van der Waals surface area contributed by atoms with Gasteiger partial charge in [-0.25, -0.2) is 9.97 Å². The maximum absolute atomic E-state index is 6.39. The van der Waals surface area contributed by atoms with Crippen LogP contribution in [0, 0.1) is 6.92 Å². The second-order valence-corrected chi connectivity index (χ2v) is 6.22. The van der Waals surface area contributed by atoms with E-state index in [1.165, 1.54) is 0 Å². The van der Waals surface area contributed by atoms with Crippen LogP contribution < -0.4 is 0 Å². The summed E-state index contributed by atoms with van der Waals surface area (Å²) in [5.74, 6) is 0.935. The minimum atomic E-state index is -0.117. The molecule has 0 aliphatic rings. The molecule has 0 bridgehead atoms. The third-order valence-electron chi connectivity index (χ3n) is 4.46. The number of aryl methyl sites for hydroxylation is 1. The molecule has 0 amide bonds. The molecule has 0 saturated heterocycles. The van der Waals surface area contributed by atoms with Crippen molar-refractivity contribution in [3.8, 4) is 0 Å². The SMILES string of the molecule is CCC(CC)(CC)n1c(C(C)Cl)nc2cc(C)cnc21. The van der Waals surface area contributed by atoms with Crippen LogP contribution in [0.15, 0.2) is 12.3 Å². The van der Waals surface area contributed by atoms with Crippen molar-refractivity contribution in [2.24, 2.45) is 0 Å². The third kappa shape index (κ3) is 2.32. The Morgan fingerprint density at radius 3 is 2.35 bits per heavy atom. The molecular weight excluding hydrogens is 270 g/mol. The number of imidazole rings is 1. The molecular formula is C16H24ClN3. The fraction of sp³-hybridized carbons (Fsp3) is 0.625. The summed E-state index contributed by atoms with van der Waals surface area (Å²) in [6, 6.07) is 2.09. The molecule has 0 N–H and O–H groups in total. The number of pyridine rings is 1. The van der Waals surface area contributed by atoms with E-state index in [9.17, 15) is 0 Å². The lowest BCUT2D eigenvalue weighted by molar-refractivity contribution is 0.249. The van der Waals surface area contributed by atoms with Crippen molar-refractivity contribution in [1.29, 1.82) is 0 Å². The minimum Gasteiger partial charge on any atom is -0.305 e. The summed E-state index contributed by atoms with van der Waals surface area (Å²) in [5, 5.41) is -0.117. The van der Waals surface area contributed by atoms with Gasteiger partial charge in [-0.05, 0) is 44.7 Å². The van der Waals surface area contributed by atoms with E-state index in [0.717, 1.165) is 41.8 Å². The van der Waals surface area contributed by atoms with Crippen molar-refractivity contribution < 1.29 is 0 Å². The molecule has 0 saturated carbocycles. The molecule has 2 rings (SSSR count). The molecule has 0 radical (unpaired) electrons. The van der Waals surface area contributed by atoms with Gasteiger partial charge in [-0.15, -0.1) is 11.6 Å². The van der Waals surface area contributed by atoms with Crippen LogP contribution in [0.4, 0.5) is 0 Å². The molecule has 110 valence electrons. The van der Waals surface area contributed by atoms with E-state index in [-0.39, 0.29) is 10.9 Å². The average Bonchev–Trinajstić information content (AvgIpc) is 2.81. The number of fused-ring (bicyclic) bond motifs is 1. The lowest BCUT2D eigenvalue weighted by atomic mass is 9.89. The molecule has 0 aliphatic carbocycles. The zero-order chi connectivity index (χ0) is 14.9. The summed E-state index contributed by atoms with van der Waals surface area (Å²) >= 11 is 6.39. The van der Waals surface area contributed by atoms with Gasteiger partial charge in [0, 0.05) is 11.7 Å². The molecule has 0 aromatic carbocycles. The van der Waals surface area contributed by atoms with Gasteiger partial charge in [0.2, 0.25) is 0 Å². The summed E-state index contributed by atoms with van der Waals surface area (Å²) < 4.78 is 2.29. The molecule has 2 heterocycles. The van der Waals surface area contributed by atoms with Crippen molar-refractivity contribution in [2.45, 2.75) is 64.8 Å². The molecule has 1 atom stereocenters. The summed E-state index contributed by atoms with van der Waals surface area (Å²) in [4.78, 5) is 9.39. The Hall–Kier alpha value is -1.09. The second-order valence-electron chi connectivity index (χ2n) is 5.56. The number of rotatable bonds is 5. The Morgan fingerprint density at radius 2 is 1.85 bits per heavy atom. The molecule has 20 heavy (non-hydrogen) atoms. The van der Waals surface area contributed by atoms with E-state index in [1.54, 1.807) is 0 Å². The molecule has 2 aromatic rings. The standard InChI is InChI=1S/C16H24ClN3/c1-6-16(7-2,8-3)20-14(12(5)17)19-13-9-11(4)10-18-15(13)20/h9-10,12H,6-8H2,1-5H3. The van der Waals surface area contributed by atoms with Crippen LogP contribution in [0.1, 0.15) is 63.7 Å². The lowest BCUT2D eigenvalue weighted by Crippen LogP contribution is -2.33. The van der Waals surface area contributed by atoms with E-state index < -0.39 is 0 Å². The first-order valence-corrected chi connectivity index (χ1v) is 7.92. The van der Waals surface area contributed by atoms with Crippen LogP contribution >= 0.6 is 11.6 Å². The molecule has 3 nitrogen and oxygen atoms in total. The number of hydrogen-bond donors (Lipinski definition) is 0. The first-order chi connectivity index (χ1) is 9.49. The normalized spacial score (nSPS) is 13.9. The molecule has 0 spiro atoms. The third-order valence-corrected chi connectivity index (χ3v) is 4.66. The van der Waals surface area contributed by atoms with Gasteiger partial charge in [-0.3, -0.25) is 0 Å². The number of hydrogen-bond acceptors (Lipinski definition) is 2. The Kier molecular flexibility index (Phi) is 4.38. The average molecular weight is 294 g/mol. The highest BCUT2D eigenvalue weighted by molar-refractivity contribution is 6.20. The van der Waals surface area contributed by atoms with E-state index >= 15 is 0 Å². The zero-order valence-corrected chi connectivity index (χ0v) is 13.8. The van der Waals surface area contributed by atoms with Crippen LogP contribution in [-0.2, 0) is 5.54 Å². The lowest BCUT2D eigenvalue weighted by Gasteiger charge is -2.34. The maximum Gasteiger partial charge on any atom is 0.160 e. The quantitative estimate of drug-likeness (QED) is 0.729. The van der Waals surface area contributed by atoms with E-state index in [1.807, 2.05) is 20.0 Å². The number of halogens is 1. The molecule has 0 aliphatic heterocycles. The van der Waals surface area contributed by atoms with Gasteiger partial charge in [0.05, 0.1) is 5.38 Å². The van der Waals surface area contributed by atoms with E-state index in [0.29, 0.717) is 0 Å². The topological polar surface area (TPSA) is 30.7 Å². The largest absolute Gasteiger partial charge is 0.305 e. The minimum absolute atomic E-state index is 0.0511. The van der Waals surface area contributed by atoms with Crippen molar-refractivity contribution in [2.75, 3.05) is 0 Å². The molecule has 0 fully saturated rings. The summed E-state index contributed by atoms with van der Waals surface area (Å²) in [6.45, 7) is 10.7. The van der Waals surface area contributed by atoms with Gasteiger partial charge in [0.1, 0.15) is 11.3 Å². The predicted octanol–water partition coefficient (Wildman–Crippen LogP) is 4.96. The van der Waals surface area contributed by atoms with E-state index in [4.69, 9.17) is 16.6 Å². The van der Waals surface area contributed by atoms with Gasteiger partial charge in [-0.1, -0.05) is 20.8 Å². The Balaban J connectivity index is 2.80. The van der Waals surface area contributed by atoms with Crippen molar-refractivity contribution in [3.05, 3.63) is 23.7 Å². The molecule has 4 heteroatoms. The fourth-order valence-electron chi connectivity index (χ4n) is 3.04. The first-order valence-electron chi connectivity index (χ1n) is 7.48.